The minimum absolute atomic E-state index is 0.140. The van der Waals surface area contributed by atoms with Crippen molar-refractivity contribution in [3.63, 3.8) is 0 Å². The highest BCUT2D eigenvalue weighted by Crippen LogP contribution is 2.59. The predicted octanol–water partition coefficient (Wildman–Crippen LogP) is 4.89. The van der Waals surface area contributed by atoms with Gasteiger partial charge in [-0.1, -0.05) is 6.42 Å². The highest BCUT2D eigenvalue weighted by molar-refractivity contribution is 8.23. The molecule has 1 saturated carbocycles. The van der Waals surface area contributed by atoms with E-state index >= 15 is 0 Å². The number of allylic oxidation sites excluding steroid dienone is 2. The lowest BCUT2D eigenvalue weighted by atomic mass is 9.89. The molecule has 1 aliphatic heterocycles. The van der Waals surface area contributed by atoms with Gasteiger partial charge in [0, 0.05) is 12.3 Å². The van der Waals surface area contributed by atoms with Crippen LogP contribution in [0.15, 0.2) is 9.81 Å². The van der Waals surface area contributed by atoms with Crippen molar-refractivity contribution < 1.29 is 31.1 Å². The van der Waals surface area contributed by atoms with Crippen LogP contribution in [0.25, 0.3) is 0 Å². The molecule has 1 aliphatic carbocycles. The van der Waals surface area contributed by atoms with Gasteiger partial charge in [0.1, 0.15) is 15.6 Å². The summed E-state index contributed by atoms with van der Waals surface area (Å²) in [6.07, 6.45) is -8.14. The van der Waals surface area contributed by atoms with E-state index in [0.717, 1.165) is 0 Å². The summed E-state index contributed by atoms with van der Waals surface area (Å²) in [6, 6.07) is 0. The van der Waals surface area contributed by atoms with E-state index in [4.69, 9.17) is 0 Å². The Morgan fingerprint density at radius 3 is 1.80 bits per heavy atom. The summed E-state index contributed by atoms with van der Waals surface area (Å²) < 4.78 is 75.2. The van der Waals surface area contributed by atoms with Crippen LogP contribution in [0.2, 0.25) is 0 Å². The van der Waals surface area contributed by atoms with Crippen molar-refractivity contribution in [2.24, 2.45) is 5.92 Å². The van der Waals surface area contributed by atoms with Crippen LogP contribution < -0.4 is 0 Å². The van der Waals surface area contributed by atoms with Crippen LogP contribution in [0.5, 0.6) is 0 Å². The zero-order chi connectivity index (χ0) is 15.1. The molecule has 1 nitrogen and oxygen atoms in total. The molecule has 9 heteroatoms. The summed E-state index contributed by atoms with van der Waals surface area (Å²) in [4.78, 5) is 8.46. The number of alkyl halides is 6. The van der Waals surface area contributed by atoms with Crippen LogP contribution in [-0.4, -0.2) is 22.7 Å². The predicted molar refractivity (Wildman–Crippen MR) is 65.1 cm³/mol. The van der Waals surface area contributed by atoms with Crippen LogP contribution in [0.3, 0.4) is 0 Å². The fraction of sp³-hybridized carbons (Fsp3) is 0.727. The van der Waals surface area contributed by atoms with Gasteiger partial charge in [0.2, 0.25) is 0 Å². The minimum Gasteiger partial charge on any atom is -0.299 e. The Labute approximate surface area is 119 Å². The monoisotopic (exact) mass is 336 g/mol. The van der Waals surface area contributed by atoms with E-state index in [1.165, 1.54) is 0 Å². The van der Waals surface area contributed by atoms with Gasteiger partial charge >= 0.3 is 12.4 Å². The summed E-state index contributed by atoms with van der Waals surface area (Å²) in [6.45, 7) is 0. The Bertz CT molecular complexity index is 413. The molecule has 0 aromatic carbocycles. The van der Waals surface area contributed by atoms with Gasteiger partial charge in [-0.15, -0.1) is 23.5 Å². The number of carbonyl (C=O) groups is 1. The second-order valence-corrected chi connectivity index (χ2v) is 7.18. The van der Waals surface area contributed by atoms with E-state index in [1.807, 2.05) is 0 Å². The third-order valence-corrected chi connectivity index (χ3v) is 6.29. The zero-order valence-corrected chi connectivity index (χ0v) is 11.6. The molecule has 2 rings (SSSR count). The number of thioether (sulfide) groups is 2. The van der Waals surface area contributed by atoms with Crippen LogP contribution >= 0.6 is 23.5 Å². The molecule has 1 fully saturated rings. The van der Waals surface area contributed by atoms with Crippen LogP contribution in [0, 0.1) is 5.92 Å². The summed E-state index contributed by atoms with van der Waals surface area (Å²) in [5, 5.41) is 0. The standard InChI is InChI=1S/C11H10F6OS2/c12-10(13,14)7-8(11(15,16)17)20-9(19-7)5-3-1-2-4-6(5)18/h5,9H,1-4H2. The molecule has 0 N–H and O–H groups in total. The zero-order valence-electron chi connectivity index (χ0n) is 9.98. The first kappa shape index (κ1) is 16.1. The summed E-state index contributed by atoms with van der Waals surface area (Å²) >= 11 is 0.279. The Hall–Kier alpha value is -0.310. The van der Waals surface area contributed by atoms with E-state index < -0.39 is 32.7 Å². The number of rotatable bonds is 1. The number of ketones is 1. The van der Waals surface area contributed by atoms with Gasteiger partial charge < -0.3 is 0 Å². The van der Waals surface area contributed by atoms with Gasteiger partial charge in [0.25, 0.3) is 0 Å². The molecule has 1 unspecified atom stereocenters. The van der Waals surface area contributed by atoms with Crippen molar-refractivity contribution in [3.05, 3.63) is 9.81 Å². The van der Waals surface area contributed by atoms with E-state index in [9.17, 15) is 31.1 Å². The first-order valence-electron chi connectivity index (χ1n) is 5.85. The number of halogens is 6. The SMILES string of the molecule is O=C1CCCCC1C1SC(C(F)(F)F)=C(C(F)(F)F)S1. The van der Waals surface area contributed by atoms with Crippen LogP contribution in [0.4, 0.5) is 26.3 Å². The lowest BCUT2D eigenvalue weighted by Gasteiger charge is -2.25. The average molecular weight is 336 g/mol. The smallest absolute Gasteiger partial charge is 0.299 e. The van der Waals surface area contributed by atoms with Gasteiger partial charge in [0.15, 0.2) is 0 Å². The third-order valence-electron chi connectivity index (χ3n) is 3.12. The van der Waals surface area contributed by atoms with E-state index in [1.54, 1.807) is 0 Å². The molecule has 20 heavy (non-hydrogen) atoms. The second kappa shape index (κ2) is 5.47. The molecule has 1 atom stereocenters. The highest BCUT2D eigenvalue weighted by atomic mass is 32.2. The van der Waals surface area contributed by atoms with Crippen LogP contribution in [0.1, 0.15) is 25.7 Å². The summed E-state index contributed by atoms with van der Waals surface area (Å²) in [7, 11) is 0. The van der Waals surface area contributed by atoms with Gasteiger partial charge in [0.05, 0.1) is 4.58 Å². The molecule has 0 aromatic heterocycles. The second-order valence-electron chi connectivity index (χ2n) is 4.58. The molecule has 114 valence electrons. The Morgan fingerprint density at radius 2 is 1.40 bits per heavy atom. The first-order chi connectivity index (χ1) is 9.10. The Balaban J connectivity index is 2.23. The number of hydrogen-bond donors (Lipinski definition) is 0. The van der Waals surface area contributed by atoms with Crippen molar-refractivity contribution in [3.8, 4) is 0 Å². The molecule has 2 aliphatic rings. The average Bonchev–Trinajstić information content (AvgIpc) is 2.73. The highest BCUT2D eigenvalue weighted by Gasteiger charge is 2.53. The lowest BCUT2D eigenvalue weighted by molar-refractivity contribution is -0.124. The van der Waals surface area contributed by atoms with Gasteiger partial charge in [-0.05, 0) is 12.8 Å². The quantitative estimate of drug-likeness (QED) is 0.635. The van der Waals surface area contributed by atoms with Crippen LogP contribution in [-0.2, 0) is 4.79 Å². The number of carbonyl (C=O) groups excluding carboxylic acids is 1. The van der Waals surface area contributed by atoms with E-state index in [-0.39, 0.29) is 35.7 Å². The van der Waals surface area contributed by atoms with Crippen molar-refractivity contribution in [2.45, 2.75) is 42.6 Å². The largest absolute Gasteiger partial charge is 0.423 e. The third kappa shape index (κ3) is 3.29. The number of Topliss-reactive ketones (excluding diaryl/α,β-unsaturated/α-hetero) is 1. The molecular weight excluding hydrogens is 326 g/mol. The van der Waals surface area contributed by atoms with Gasteiger partial charge in [-0.2, -0.15) is 26.3 Å². The first-order valence-corrected chi connectivity index (χ1v) is 7.61. The van der Waals surface area contributed by atoms with Crippen molar-refractivity contribution in [1.82, 2.24) is 0 Å². The Morgan fingerprint density at radius 1 is 0.900 bits per heavy atom. The van der Waals surface area contributed by atoms with Gasteiger partial charge in [-0.25, -0.2) is 0 Å². The maximum absolute atomic E-state index is 12.7. The van der Waals surface area contributed by atoms with Crippen molar-refractivity contribution in [2.75, 3.05) is 0 Å². The van der Waals surface area contributed by atoms with E-state index in [2.05, 4.69) is 0 Å². The molecule has 0 radical (unpaired) electrons. The minimum atomic E-state index is -5.03. The topological polar surface area (TPSA) is 17.1 Å². The van der Waals surface area contributed by atoms with Crippen molar-refractivity contribution in [1.29, 1.82) is 0 Å². The van der Waals surface area contributed by atoms with Crippen molar-refractivity contribution >= 4 is 29.3 Å². The fourth-order valence-corrected chi connectivity index (χ4v) is 5.36. The lowest BCUT2D eigenvalue weighted by Crippen LogP contribution is -2.26. The molecule has 0 bridgehead atoms. The fourth-order valence-electron chi connectivity index (χ4n) is 2.22. The normalized spacial score (nSPS) is 26.5. The van der Waals surface area contributed by atoms with E-state index in [0.29, 0.717) is 19.3 Å². The summed E-state index contributed by atoms with van der Waals surface area (Å²) in [5.74, 6) is -0.956. The van der Waals surface area contributed by atoms with Gasteiger partial charge in [-0.3, -0.25) is 4.79 Å². The Kier molecular flexibility index (Phi) is 4.40. The maximum atomic E-state index is 12.7. The molecule has 0 amide bonds. The number of hydrogen-bond acceptors (Lipinski definition) is 3. The molecule has 0 saturated heterocycles. The maximum Gasteiger partial charge on any atom is 0.423 e. The molecule has 1 heterocycles. The molecule has 0 aromatic rings. The molecule has 0 spiro atoms. The summed E-state index contributed by atoms with van der Waals surface area (Å²) in [5.41, 5.74) is 0. The molecular formula is C11H10F6OS2.